The summed E-state index contributed by atoms with van der Waals surface area (Å²) in [5.74, 6) is 0.952. The summed E-state index contributed by atoms with van der Waals surface area (Å²) in [6.07, 6.45) is 2.72. The zero-order valence-electron chi connectivity index (χ0n) is 9.09. The third-order valence-corrected chi connectivity index (χ3v) is 3.27. The molecule has 0 saturated carbocycles. The fourth-order valence-corrected chi connectivity index (χ4v) is 1.83. The molecule has 0 aliphatic carbocycles. The van der Waals surface area contributed by atoms with E-state index in [4.69, 9.17) is 16.3 Å². The van der Waals surface area contributed by atoms with E-state index in [0.29, 0.717) is 5.15 Å². The van der Waals surface area contributed by atoms with Crippen LogP contribution >= 0.6 is 11.6 Å². The van der Waals surface area contributed by atoms with Gasteiger partial charge in [0.25, 0.3) is 0 Å². The van der Waals surface area contributed by atoms with Gasteiger partial charge < -0.3 is 14.6 Å². The van der Waals surface area contributed by atoms with Crippen LogP contribution in [0.5, 0.6) is 0 Å². The first-order valence-corrected chi connectivity index (χ1v) is 5.47. The van der Waals surface area contributed by atoms with Crippen molar-refractivity contribution in [1.29, 1.82) is 0 Å². The number of rotatable bonds is 3. The van der Waals surface area contributed by atoms with E-state index < -0.39 is 0 Å². The number of nitrogens with one attached hydrogen (secondary N) is 1. The second kappa shape index (κ2) is 4.12. The highest BCUT2D eigenvalue weighted by Gasteiger charge is 2.29. The number of hydrogen-bond donors (Lipinski definition) is 1. The molecule has 0 amide bonds. The lowest BCUT2D eigenvalue weighted by atomic mass is 10.0. The Morgan fingerprint density at radius 2 is 2.53 bits per heavy atom. The Balaban J connectivity index is 1.95. The summed E-state index contributed by atoms with van der Waals surface area (Å²) in [4.78, 5) is 4.24. The standard InChI is InChI=1S/C10H16ClN3O/c1-10(3-4-15-7-10)13-6-9-12-5-8(11)14(9)2/h5,13H,3-4,6-7H2,1-2H3. The van der Waals surface area contributed by atoms with E-state index in [1.54, 1.807) is 6.20 Å². The van der Waals surface area contributed by atoms with Gasteiger partial charge in [0.2, 0.25) is 0 Å². The third-order valence-electron chi connectivity index (χ3n) is 2.92. The predicted octanol–water partition coefficient (Wildman–Crippen LogP) is 1.34. The average molecular weight is 230 g/mol. The Kier molecular flexibility index (Phi) is 3.00. The average Bonchev–Trinajstić information content (AvgIpc) is 2.75. The van der Waals surface area contributed by atoms with Crippen molar-refractivity contribution in [2.45, 2.75) is 25.4 Å². The molecular formula is C10H16ClN3O. The second-order valence-electron chi connectivity index (χ2n) is 4.27. The molecule has 0 radical (unpaired) electrons. The van der Waals surface area contributed by atoms with Gasteiger partial charge in [-0.25, -0.2) is 4.98 Å². The second-order valence-corrected chi connectivity index (χ2v) is 4.66. The summed E-state index contributed by atoms with van der Waals surface area (Å²) in [7, 11) is 1.92. The van der Waals surface area contributed by atoms with E-state index in [0.717, 1.165) is 32.0 Å². The van der Waals surface area contributed by atoms with Crippen molar-refractivity contribution in [3.05, 3.63) is 17.2 Å². The lowest BCUT2D eigenvalue weighted by molar-refractivity contribution is 0.171. The van der Waals surface area contributed by atoms with Crippen LogP contribution in [0, 0.1) is 0 Å². The Labute approximate surface area is 94.6 Å². The monoisotopic (exact) mass is 229 g/mol. The molecule has 4 nitrogen and oxygen atoms in total. The molecular weight excluding hydrogens is 214 g/mol. The van der Waals surface area contributed by atoms with Gasteiger partial charge in [-0.1, -0.05) is 11.6 Å². The molecule has 1 saturated heterocycles. The summed E-state index contributed by atoms with van der Waals surface area (Å²) in [5, 5.41) is 4.13. The van der Waals surface area contributed by atoms with Crippen LogP contribution in [0.3, 0.4) is 0 Å². The Bertz CT molecular complexity index is 344. The van der Waals surface area contributed by atoms with Crippen molar-refractivity contribution in [2.75, 3.05) is 13.2 Å². The minimum atomic E-state index is 0.0818. The molecule has 1 atom stereocenters. The molecule has 5 heteroatoms. The lowest BCUT2D eigenvalue weighted by Gasteiger charge is -2.23. The van der Waals surface area contributed by atoms with Crippen LogP contribution in [0.15, 0.2) is 6.20 Å². The fraction of sp³-hybridized carbons (Fsp3) is 0.700. The van der Waals surface area contributed by atoms with Crippen molar-refractivity contribution in [3.8, 4) is 0 Å². The molecule has 1 aliphatic rings. The lowest BCUT2D eigenvalue weighted by Crippen LogP contribution is -2.42. The fourth-order valence-electron chi connectivity index (χ4n) is 1.69. The molecule has 1 aliphatic heterocycles. The van der Waals surface area contributed by atoms with Gasteiger partial charge >= 0.3 is 0 Å². The number of imidazole rings is 1. The zero-order chi connectivity index (χ0) is 10.9. The first-order chi connectivity index (χ1) is 7.11. The van der Waals surface area contributed by atoms with Crippen molar-refractivity contribution in [2.24, 2.45) is 7.05 Å². The quantitative estimate of drug-likeness (QED) is 0.851. The van der Waals surface area contributed by atoms with Gasteiger partial charge in [-0.3, -0.25) is 0 Å². The molecule has 0 aromatic carbocycles. The zero-order valence-corrected chi connectivity index (χ0v) is 9.84. The highest BCUT2D eigenvalue weighted by molar-refractivity contribution is 6.29. The van der Waals surface area contributed by atoms with Crippen LogP contribution in [-0.4, -0.2) is 28.3 Å². The van der Waals surface area contributed by atoms with Gasteiger partial charge in [-0.05, 0) is 13.3 Å². The van der Waals surface area contributed by atoms with Gasteiger partial charge in [0.1, 0.15) is 11.0 Å². The van der Waals surface area contributed by atoms with Gasteiger partial charge in [-0.2, -0.15) is 0 Å². The number of halogens is 1. The van der Waals surface area contributed by atoms with Crippen molar-refractivity contribution < 1.29 is 4.74 Å². The smallest absolute Gasteiger partial charge is 0.128 e. The van der Waals surface area contributed by atoms with Crippen LogP contribution < -0.4 is 5.32 Å². The topological polar surface area (TPSA) is 39.1 Å². The number of ether oxygens (including phenoxy) is 1. The molecule has 0 bridgehead atoms. The van der Waals surface area contributed by atoms with Crippen LogP contribution in [0.2, 0.25) is 5.15 Å². The normalized spacial score (nSPS) is 26.1. The van der Waals surface area contributed by atoms with Crippen molar-refractivity contribution >= 4 is 11.6 Å². The van der Waals surface area contributed by atoms with Crippen LogP contribution in [0.1, 0.15) is 19.2 Å². The molecule has 1 aromatic rings. The van der Waals surface area contributed by atoms with E-state index in [-0.39, 0.29) is 5.54 Å². The van der Waals surface area contributed by atoms with Crippen LogP contribution in [0.25, 0.3) is 0 Å². The van der Waals surface area contributed by atoms with Crippen molar-refractivity contribution in [3.63, 3.8) is 0 Å². The van der Waals surface area contributed by atoms with E-state index in [1.165, 1.54) is 0 Å². The van der Waals surface area contributed by atoms with E-state index in [1.807, 2.05) is 11.6 Å². The first kappa shape index (κ1) is 10.9. The molecule has 2 heterocycles. The highest BCUT2D eigenvalue weighted by atomic mass is 35.5. The summed E-state index contributed by atoms with van der Waals surface area (Å²) < 4.78 is 7.25. The molecule has 1 aromatic heterocycles. The maximum Gasteiger partial charge on any atom is 0.128 e. The molecule has 1 N–H and O–H groups in total. The van der Waals surface area contributed by atoms with Crippen molar-refractivity contribution in [1.82, 2.24) is 14.9 Å². The largest absolute Gasteiger partial charge is 0.379 e. The molecule has 1 unspecified atom stereocenters. The summed E-state index contributed by atoms with van der Waals surface area (Å²) >= 11 is 5.91. The van der Waals surface area contributed by atoms with Gasteiger partial charge in [0.05, 0.1) is 19.3 Å². The third kappa shape index (κ3) is 2.33. The number of nitrogens with zero attached hydrogens (tertiary/aromatic N) is 2. The SMILES string of the molecule is Cn1c(Cl)cnc1CNC1(C)CCOC1. The Morgan fingerprint density at radius 1 is 1.73 bits per heavy atom. The van der Waals surface area contributed by atoms with Gasteiger partial charge in [0, 0.05) is 19.2 Å². The summed E-state index contributed by atoms with van der Waals surface area (Å²) in [5.41, 5.74) is 0.0818. The van der Waals surface area contributed by atoms with Crippen LogP contribution in [-0.2, 0) is 18.3 Å². The molecule has 1 fully saturated rings. The highest BCUT2D eigenvalue weighted by Crippen LogP contribution is 2.18. The Hall–Kier alpha value is -0.580. The summed E-state index contributed by atoms with van der Waals surface area (Å²) in [6, 6.07) is 0. The van der Waals surface area contributed by atoms with E-state index in [2.05, 4.69) is 17.2 Å². The Morgan fingerprint density at radius 3 is 3.07 bits per heavy atom. The molecule has 0 spiro atoms. The molecule has 15 heavy (non-hydrogen) atoms. The van der Waals surface area contributed by atoms with Gasteiger partial charge in [-0.15, -0.1) is 0 Å². The van der Waals surface area contributed by atoms with Gasteiger partial charge in [0.15, 0.2) is 0 Å². The minimum absolute atomic E-state index is 0.0818. The maximum absolute atomic E-state index is 5.91. The molecule has 84 valence electrons. The minimum Gasteiger partial charge on any atom is -0.379 e. The predicted molar refractivity (Wildman–Crippen MR) is 58.9 cm³/mol. The number of aromatic nitrogens is 2. The van der Waals surface area contributed by atoms with E-state index >= 15 is 0 Å². The maximum atomic E-state index is 5.91. The van der Waals surface area contributed by atoms with E-state index in [9.17, 15) is 0 Å². The first-order valence-electron chi connectivity index (χ1n) is 5.10. The van der Waals surface area contributed by atoms with Crippen LogP contribution in [0.4, 0.5) is 0 Å². The summed E-state index contributed by atoms with van der Waals surface area (Å²) in [6.45, 7) is 4.50. The molecule has 2 rings (SSSR count). The number of hydrogen-bond acceptors (Lipinski definition) is 3.